The van der Waals surface area contributed by atoms with Gasteiger partial charge in [0, 0.05) is 6.04 Å². The third-order valence-corrected chi connectivity index (χ3v) is 2.48. The molecule has 2 atom stereocenters. The van der Waals surface area contributed by atoms with Crippen molar-refractivity contribution in [2.24, 2.45) is 5.92 Å². The van der Waals surface area contributed by atoms with Crippen LogP contribution in [0.3, 0.4) is 0 Å². The quantitative estimate of drug-likeness (QED) is 0.566. The van der Waals surface area contributed by atoms with E-state index in [9.17, 15) is 0 Å². The molecule has 1 rings (SSSR count). The smallest absolute Gasteiger partial charge is 0.00896 e. The maximum absolute atomic E-state index is 3.35. The third-order valence-electron chi connectivity index (χ3n) is 2.48. The van der Waals surface area contributed by atoms with Crippen LogP contribution in [0.2, 0.25) is 0 Å². The van der Waals surface area contributed by atoms with Crippen LogP contribution in [0.25, 0.3) is 0 Å². The standard InChI is InChI=1S/C8H17N/c1-7-5-3-4-6-8(7)9-2/h7-9H,3-6H2,1-2H3/t7-,8+/m1/s1. The highest BCUT2D eigenvalue weighted by Crippen LogP contribution is 2.22. The lowest BCUT2D eigenvalue weighted by atomic mass is 9.86. The van der Waals surface area contributed by atoms with Crippen LogP contribution in [0.1, 0.15) is 32.6 Å². The van der Waals surface area contributed by atoms with Crippen molar-refractivity contribution in [2.45, 2.75) is 38.6 Å². The van der Waals surface area contributed by atoms with Gasteiger partial charge in [0.05, 0.1) is 0 Å². The van der Waals surface area contributed by atoms with Gasteiger partial charge >= 0.3 is 0 Å². The summed E-state index contributed by atoms with van der Waals surface area (Å²) in [4.78, 5) is 0. The number of hydrogen-bond donors (Lipinski definition) is 1. The van der Waals surface area contributed by atoms with Gasteiger partial charge in [-0.05, 0) is 25.8 Å². The molecular formula is C8H17N. The zero-order chi connectivity index (χ0) is 6.69. The number of nitrogens with one attached hydrogen (secondary N) is 1. The summed E-state index contributed by atoms with van der Waals surface area (Å²) in [6, 6.07) is 0.804. The minimum Gasteiger partial charge on any atom is -0.317 e. The fraction of sp³-hybridized carbons (Fsp3) is 1.00. The molecule has 9 heavy (non-hydrogen) atoms. The van der Waals surface area contributed by atoms with Crippen molar-refractivity contribution >= 4 is 0 Å². The Morgan fingerprint density at radius 3 is 2.33 bits per heavy atom. The molecule has 1 heteroatoms. The van der Waals surface area contributed by atoms with Gasteiger partial charge in [0.2, 0.25) is 0 Å². The van der Waals surface area contributed by atoms with E-state index in [-0.39, 0.29) is 0 Å². The van der Waals surface area contributed by atoms with Gasteiger partial charge < -0.3 is 5.32 Å². The average Bonchev–Trinajstić information content (AvgIpc) is 1.89. The molecule has 1 nitrogen and oxygen atoms in total. The molecule has 0 unspecified atom stereocenters. The molecule has 1 saturated carbocycles. The molecule has 0 bridgehead atoms. The average molecular weight is 127 g/mol. The van der Waals surface area contributed by atoms with Gasteiger partial charge in [0.1, 0.15) is 0 Å². The lowest BCUT2D eigenvalue weighted by molar-refractivity contribution is 0.294. The minimum absolute atomic E-state index is 0.804. The second-order valence-corrected chi connectivity index (χ2v) is 3.16. The first kappa shape index (κ1) is 7.07. The van der Waals surface area contributed by atoms with Crippen molar-refractivity contribution in [1.29, 1.82) is 0 Å². The first-order chi connectivity index (χ1) is 4.34. The summed E-state index contributed by atoms with van der Waals surface area (Å²) in [5.74, 6) is 0.906. The zero-order valence-electron chi connectivity index (χ0n) is 6.48. The van der Waals surface area contributed by atoms with Crippen LogP contribution in [0.5, 0.6) is 0 Å². The molecule has 1 aliphatic rings. The summed E-state index contributed by atoms with van der Waals surface area (Å²) in [5, 5.41) is 3.35. The third kappa shape index (κ3) is 1.68. The highest BCUT2D eigenvalue weighted by molar-refractivity contribution is 4.75. The second-order valence-electron chi connectivity index (χ2n) is 3.16. The molecule has 0 radical (unpaired) electrons. The Balaban J connectivity index is 2.30. The second kappa shape index (κ2) is 3.21. The predicted molar refractivity (Wildman–Crippen MR) is 40.5 cm³/mol. The molecule has 1 aliphatic carbocycles. The normalized spacial score (nSPS) is 36.7. The van der Waals surface area contributed by atoms with E-state index >= 15 is 0 Å². The SMILES string of the molecule is CN[C@H]1CCCC[C@H]1C. The van der Waals surface area contributed by atoms with E-state index < -0.39 is 0 Å². The molecule has 0 heterocycles. The molecule has 0 amide bonds. The zero-order valence-corrected chi connectivity index (χ0v) is 6.48. The Kier molecular flexibility index (Phi) is 2.52. The highest BCUT2D eigenvalue weighted by Gasteiger charge is 2.18. The van der Waals surface area contributed by atoms with E-state index in [4.69, 9.17) is 0 Å². The van der Waals surface area contributed by atoms with Crippen molar-refractivity contribution in [3.8, 4) is 0 Å². The van der Waals surface area contributed by atoms with Crippen molar-refractivity contribution in [3.05, 3.63) is 0 Å². The van der Waals surface area contributed by atoms with Gasteiger partial charge in [-0.3, -0.25) is 0 Å². The highest BCUT2D eigenvalue weighted by atomic mass is 14.9. The van der Waals surface area contributed by atoms with Gasteiger partial charge in [0.15, 0.2) is 0 Å². The monoisotopic (exact) mass is 127 g/mol. The van der Waals surface area contributed by atoms with Gasteiger partial charge in [-0.25, -0.2) is 0 Å². The molecule has 0 spiro atoms. The Morgan fingerprint density at radius 2 is 1.89 bits per heavy atom. The van der Waals surface area contributed by atoms with E-state index in [1.807, 2.05) is 0 Å². The summed E-state index contributed by atoms with van der Waals surface area (Å²) in [7, 11) is 2.08. The minimum atomic E-state index is 0.804. The van der Waals surface area contributed by atoms with E-state index in [2.05, 4.69) is 19.3 Å². The van der Waals surface area contributed by atoms with Crippen molar-refractivity contribution in [3.63, 3.8) is 0 Å². The van der Waals surface area contributed by atoms with Gasteiger partial charge in [-0.1, -0.05) is 19.8 Å². The summed E-state index contributed by atoms with van der Waals surface area (Å²) in [6.45, 7) is 2.35. The number of rotatable bonds is 1. The van der Waals surface area contributed by atoms with E-state index in [1.54, 1.807) is 0 Å². The van der Waals surface area contributed by atoms with Crippen molar-refractivity contribution < 1.29 is 0 Å². The lowest BCUT2D eigenvalue weighted by Gasteiger charge is -2.27. The predicted octanol–water partition coefficient (Wildman–Crippen LogP) is 1.78. The van der Waals surface area contributed by atoms with Gasteiger partial charge in [-0.2, -0.15) is 0 Å². The molecule has 54 valence electrons. The Morgan fingerprint density at radius 1 is 1.22 bits per heavy atom. The summed E-state index contributed by atoms with van der Waals surface area (Å²) < 4.78 is 0. The molecular weight excluding hydrogens is 110 g/mol. The first-order valence-electron chi connectivity index (χ1n) is 4.02. The Hall–Kier alpha value is -0.0400. The van der Waals surface area contributed by atoms with Gasteiger partial charge in [-0.15, -0.1) is 0 Å². The molecule has 0 saturated heterocycles. The van der Waals surface area contributed by atoms with Crippen LogP contribution < -0.4 is 5.32 Å². The van der Waals surface area contributed by atoms with E-state index in [0.29, 0.717) is 0 Å². The molecule has 0 aliphatic heterocycles. The Labute approximate surface area is 57.8 Å². The maximum Gasteiger partial charge on any atom is 0.00896 e. The molecule has 0 aromatic carbocycles. The molecule has 1 N–H and O–H groups in total. The Bertz CT molecular complexity index is 80.6. The van der Waals surface area contributed by atoms with Crippen LogP contribution in [-0.2, 0) is 0 Å². The van der Waals surface area contributed by atoms with Crippen molar-refractivity contribution in [1.82, 2.24) is 5.32 Å². The summed E-state index contributed by atoms with van der Waals surface area (Å²) >= 11 is 0. The topological polar surface area (TPSA) is 12.0 Å². The molecule has 0 aromatic heterocycles. The van der Waals surface area contributed by atoms with Crippen LogP contribution >= 0.6 is 0 Å². The van der Waals surface area contributed by atoms with Crippen LogP contribution in [0.15, 0.2) is 0 Å². The summed E-state index contributed by atoms with van der Waals surface area (Å²) in [5.41, 5.74) is 0. The lowest BCUT2D eigenvalue weighted by Crippen LogP contribution is -2.34. The van der Waals surface area contributed by atoms with Crippen LogP contribution in [-0.4, -0.2) is 13.1 Å². The van der Waals surface area contributed by atoms with Crippen LogP contribution in [0, 0.1) is 5.92 Å². The van der Waals surface area contributed by atoms with Crippen LogP contribution in [0.4, 0.5) is 0 Å². The van der Waals surface area contributed by atoms with E-state index in [1.165, 1.54) is 25.7 Å². The van der Waals surface area contributed by atoms with Gasteiger partial charge in [0.25, 0.3) is 0 Å². The van der Waals surface area contributed by atoms with E-state index in [0.717, 1.165) is 12.0 Å². The fourth-order valence-electron chi connectivity index (χ4n) is 1.75. The molecule has 0 aromatic rings. The molecule has 1 fully saturated rings. The summed E-state index contributed by atoms with van der Waals surface area (Å²) in [6.07, 6.45) is 5.68. The fourth-order valence-corrected chi connectivity index (χ4v) is 1.75. The largest absolute Gasteiger partial charge is 0.317 e. The maximum atomic E-state index is 3.35. The first-order valence-corrected chi connectivity index (χ1v) is 4.02. The number of hydrogen-bond acceptors (Lipinski definition) is 1. The van der Waals surface area contributed by atoms with Crippen molar-refractivity contribution in [2.75, 3.05) is 7.05 Å².